The zero-order chi connectivity index (χ0) is 13.4. The third-order valence-electron chi connectivity index (χ3n) is 2.94. The lowest BCUT2D eigenvalue weighted by Crippen LogP contribution is -2.17. The van der Waals surface area contributed by atoms with Gasteiger partial charge in [0.25, 0.3) is 0 Å². The molecule has 0 saturated heterocycles. The minimum atomic E-state index is -0.177. The fourth-order valence-corrected chi connectivity index (χ4v) is 1.75. The van der Waals surface area contributed by atoms with Gasteiger partial charge in [-0.3, -0.25) is 4.79 Å². The molecule has 0 amide bonds. The molecule has 0 aliphatic heterocycles. The molecule has 2 heteroatoms. The van der Waals surface area contributed by atoms with Gasteiger partial charge in [0.15, 0.2) is 6.29 Å². The Morgan fingerprint density at radius 3 is 1.88 bits per heavy atom. The molecule has 1 N–H and O–H groups in total. The topological polar surface area (TPSA) is 37.3 Å². The van der Waals surface area contributed by atoms with Gasteiger partial charge in [-0.25, -0.2) is 0 Å². The lowest BCUT2D eigenvalue weighted by molar-refractivity contribution is 0.112. The van der Waals surface area contributed by atoms with E-state index in [9.17, 15) is 9.90 Å². The lowest BCUT2D eigenvalue weighted by atomic mass is 9.79. The Morgan fingerprint density at radius 2 is 1.53 bits per heavy atom. The minimum absolute atomic E-state index is 0.0362. The summed E-state index contributed by atoms with van der Waals surface area (Å²) in [6.07, 6.45) is 0.722. The average molecular weight is 234 g/mol. The van der Waals surface area contributed by atoms with Crippen molar-refractivity contribution in [2.75, 3.05) is 0 Å². The number of benzene rings is 1. The van der Waals surface area contributed by atoms with Crippen molar-refractivity contribution >= 4 is 6.29 Å². The Bertz CT molecular complexity index is 431. The summed E-state index contributed by atoms with van der Waals surface area (Å²) in [7, 11) is 0. The molecule has 0 aliphatic carbocycles. The summed E-state index contributed by atoms with van der Waals surface area (Å²) in [6, 6.07) is 3.78. The average Bonchev–Trinajstić information content (AvgIpc) is 2.14. The molecule has 0 radical (unpaired) electrons. The van der Waals surface area contributed by atoms with Gasteiger partial charge in [0.05, 0.1) is 5.56 Å². The van der Waals surface area contributed by atoms with Crippen LogP contribution in [-0.2, 0) is 10.8 Å². The van der Waals surface area contributed by atoms with Gasteiger partial charge in [0.2, 0.25) is 0 Å². The molecule has 0 saturated carbocycles. The molecule has 2 nitrogen and oxygen atoms in total. The Labute approximate surface area is 104 Å². The highest BCUT2D eigenvalue weighted by atomic mass is 16.3. The van der Waals surface area contributed by atoms with Crippen LogP contribution in [0.15, 0.2) is 12.1 Å². The third kappa shape index (κ3) is 2.87. The molecular weight excluding hydrogens is 212 g/mol. The molecule has 0 fully saturated rings. The highest BCUT2D eigenvalue weighted by Crippen LogP contribution is 2.36. The molecule has 0 spiro atoms. The Kier molecular flexibility index (Phi) is 3.37. The van der Waals surface area contributed by atoms with Crippen molar-refractivity contribution in [3.63, 3.8) is 0 Å². The number of carbonyl (C=O) groups excluding carboxylic acids is 1. The van der Waals surface area contributed by atoms with Crippen molar-refractivity contribution in [3.05, 3.63) is 28.8 Å². The predicted molar refractivity (Wildman–Crippen MR) is 70.9 cm³/mol. The second-order valence-corrected chi connectivity index (χ2v) is 6.58. The van der Waals surface area contributed by atoms with E-state index in [1.807, 2.05) is 26.8 Å². The van der Waals surface area contributed by atoms with Crippen LogP contribution in [0, 0.1) is 0 Å². The van der Waals surface area contributed by atoms with Crippen molar-refractivity contribution in [2.24, 2.45) is 0 Å². The van der Waals surface area contributed by atoms with Gasteiger partial charge in [-0.1, -0.05) is 47.6 Å². The van der Waals surface area contributed by atoms with E-state index in [1.165, 1.54) is 0 Å². The van der Waals surface area contributed by atoms with Gasteiger partial charge < -0.3 is 5.11 Å². The van der Waals surface area contributed by atoms with E-state index >= 15 is 0 Å². The van der Waals surface area contributed by atoms with Crippen LogP contribution in [0.4, 0.5) is 0 Å². The summed E-state index contributed by atoms with van der Waals surface area (Å²) in [5, 5.41) is 10.1. The second-order valence-electron chi connectivity index (χ2n) is 6.58. The van der Waals surface area contributed by atoms with Crippen LogP contribution in [-0.4, -0.2) is 11.4 Å². The van der Waals surface area contributed by atoms with Crippen LogP contribution in [0.5, 0.6) is 5.75 Å². The standard InChI is InChI=1S/C15H22O2/c1-14(2,3)11-7-10(9-16)13(17)12(8-11)15(4,5)6/h7-9,17H,1-6H3. The first-order chi connectivity index (χ1) is 7.57. The summed E-state index contributed by atoms with van der Waals surface area (Å²) in [6.45, 7) is 12.4. The Hall–Kier alpha value is -1.31. The fraction of sp³-hybridized carbons (Fsp3) is 0.533. The minimum Gasteiger partial charge on any atom is -0.507 e. The molecule has 1 aromatic carbocycles. The summed E-state index contributed by atoms with van der Waals surface area (Å²) in [5.41, 5.74) is 2.06. The van der Waals surface area contributed by atoms with E-state index < -0.39 is 0 Å². The number of hydrogen-bond acceptors (Lipinski definition) is 2. The first kappa shape index (κ1) is 13.8. The van der Waals surface area contributed by atoms with Crippen LogP contribution >= 0.6 is 0 Å². The Morgan fingerprint density at radius 1 is 1.00 bits per heavy atom. The van der Waals surface area contributed by atoms with Crippen molar-refractivity contribution < 1.29 is 9.90 Å². The molecule has 0 bridgehead atoms. The summed E-state index contributed by atoms with van der Waals surface area (Å²) in [5.74, 6) is 0.112. The number of aromatic hydroxyl groups is 1. The monoisotopic (exact) mass is 234 g/mol. The molecule has 17 heavy (non-hydrogen) atoms. The van der Waals surface area contributed by atoms with Crippen molar-refractivity contribution in [3.8, 4) is 5.75 Å². The normalized spacial score (nSPS) is 12.6. The SMILES string of the molecule is CC(C)(C)c1cc(C=O)c(O)c(C(C)(C)C)c1. The van der Waals surface area contributed by atoms with E-state index in [4.69, 9.17) is 0 Å². The maximum Gasteiger partial charge on any atom is 0.153 e. The zero-order valence-electron chi connectivity index (χ0n) is 11.6. The van der Waals surface area contributed by atoms with Crippen LogP contribution in [0.2, 0.25) is 0 Å². The van der Waals surface area contributed by atoms with Crippen LogP contribution in [0.25, 0.3) is 0 Å². The van der Waals surface area contributed by atoms with Crippen molar-refractivity contribution in [1.29, 1.82) is 0 Å². The van der Waals surface area contributed by atoms with Crippen LogP contribution in [0.1, 0.15) is 63.0 Å². The van der Waals surface area contributed by atoms with Crippen LogP contribution in [0.3, 0.4) is 0 Å². The molecule has 0 heterocycles. The summed E-state index contributed by atoms with van der Waals surface area (Å²) in [4.78, 5) is 11.0. The number of carbonyl (C=O) groups is 1. The maximum atomic E-state index is 11.0. The zero-order valence-corrected chi connectivity index (χ0v) is 11.6. The molecule has 1 rings (SSSR count). The van der Waals surface area contributed by atoms with E-state index in [1.54, 1.807) is 6.07 Å². The highest BCUT2D eigenvalue weighted by molar-refractivity contribution is 5.81. The number of aldehydes is 1. The largest absolute Gasteiger partial charge is 0.507 e. The predicted octanol–water partition coefficient (Wildman–Crippen LogP) is 3.80. The van der Waals surface area contributed by atoms with Gasteiger partial charge >= 0.3 is 0 Å². The van der Waals surface area contributed by atoms with E-state index in [0.717, 1.165) is 17.4 Å². The van der Waals surface area contributed by atoms with Crippen LogP contribution < -0.4 is 0 Å². The summed E-state index contributed by atoms with van der Waals surface area (Å²) < 4.78 is 0. The molecule has 1 aromatic rings. The Balaban J connectivity index is 3.56. The van der Waals surface area contributed by atoms with E-state index in [2.05, 4.69) is 20.8 Å². The van der Waals surface area contributed by atoms with Gasteiger partial charge in [0.1, 0.15) is 5.75 Å². The first-order valence-electron chi connectivity index (χ1n) is 5.90. The van der Waals surface area contributed by atoms with Crippen molar-refractivity contribution in [2.45, 2.75) is 52.4 Å². The molecular formula is C15H22O2. The molecule has 0 aliphatic rings. The van der Waals surface area contributed by atoms with Crippen molar-refractivity contribution in [1.82, 2.24) is 0 Å². The molecule has 0 atom stereocenters. The number of phenols is 1. The fourth-order valence-electron chi connectivity index (χ4n) is 1.75. The second kappa shape index (κ2) is 4.17. The van der Waals surface area contributed by atoms with Gasteiger partial charge in [-0.05, 0) is 22.5 Å². The van der Waals surface area contributed by atoms with Gasteiger partial charge in [-0.2, -0.15) is 0 Å². The van der Waals surface area contributed by atoms with E-state index in [0.29, 0.717) is 5.56 Å². The highest BCUT2D eigenvalue weighted by Gasteiger charge is 2.24. The lowest BCUT2D eigenvalue weighted by Gasteiger charge is -2.26. The third-order valence-corrected chi connectivity index (χ3v) is 2.94. The molecule has 94 valence electrons. The van der Waals surface area contributed by atoms with E-state index in [-0.39, 0.29) is 16.6 Å². The number of rotatable bonds is 1. The molecule has 0 unspecified atom stereocenters. The smallest absolute Gasteiger partial charge is 0.153 e. The number of hydrogen-bond donors (Lipinski definition) is 1. The first-order valence-corrected chi connectivity index (χ1v) is 5.90. The molecule has 0 aromatic heterocycles. The quantitative estimate of drug-likeness (QED) is 0.750. The summed E-state index contributed by atoms with van der Waals surface area (Å²) >= 11 is 0. The number of phenolic OH excluding ortho intramolecular Hbond substituents is 1. The van der Waals surface area contributed by atoms with Gasteiger partial charge in [-0.15, -0.1) is 0 Å². The van der Waals surface area contributed by atoms with Gasteiger partial charge in [0, 0.05) is 5.56 Å². The maximum absolute atomic E-state index is 11.0.